The van der Waals surface area contributed by atoms with Crippen molar-refractivity contribution in [3.8, 4) is 0 Å². The molecule has 0 radical (unpaired) electrons. The molecule has 0 bridgehead atoms. The molecule has 2 atom stereocenters. The highest BCUT2D eigenvalue weighted by Gasteiger charge is 2.32. The Hall–Kier alpha value is -2.55. The van der Waals surface area contributed by atoms with Crippen molar-refractivity contribution in [1.82, 2.24) is 29.8 Å². The predicted molar refractivity (Wildman–Crippen MR) is 84.7 cm³/mol. The number of rotatable bonds is 5. The molecule has 0 unspecified atom stereocenters. The zero-order chi connectivity index (χ0) is 17.3. The lowest BCUT2D eigenvalue weighted by atomic mass is 10.1. The van der Waals surface area contributed by atoms with Crippen molar-refractivity contribution in [2.75, 3.05) is 13.6 Å². The number of carboxylic acids is 1. The summed E-state index contributed by atoms with van der Waals surface area (Å²) < 4.78 is 1.55. The Balaban J connectivity index is 1.62. The van der Waals surface area contributed by atoms with E-state index in [4.69, 9.17) is 5.11 Å². The van der Waals surface area contributed by atoms with E-state index in [0.29, 0.717) is 12.3 Å². The molecule has 9 heteroatoms. The van der Waals surface area contributed by atoms with Crippen LogP contribution in [0, 0.1) is 6.92 Å². The number of carboxylic acid groups (broad SMARTS) is 1. The van der Waals surface area contributed by atoms with Crippen molar-refractivity contribution < 1.29 is 14.7 Å². The van der Waals surface area contributed by atoms with E-state index in [-0.39, 0.29) is 30.2 Å². The molecule has 24 heavy (non-hydrogen) atoms. The van der Waals surface area contributed by atoms with E-state index in [2.05, 4.69) is 20.5 Å². The summed E-state index contributed by atoms with van der Waals surface area (Å²) in [5.74, 6) is -0.530. The molecular weight excluding hydrogens is 312 g/mol. The van der Waals surface area contributed by atoms with Gasteiger partial charge in [0.25, 0.3) is 11.7 Å². The highest BCUT2D eigenvalue weighted by Crippen LogP contribution is 2.24. The molecule has 2 aromatic rings. The second-order valence-corrected chi connectivity index (χ2v) is 6.12. The Labute approximate surface area is 138 Å². The number of aromatic nitrogens is 4. The second-order valence-electron chi connectivity index (χ2n) is 6.12. The summed E-state index contributed by atoms with van der Waals surface area (Å²) in [5, 5.41) is 19.6. The number of likely N-dealkylation sites (tertiary alicyclic amines) is 1. The van der Waals surface area contributed by atoms with Gasteiger partial charge in [-0.15, -0.1) is 10.2 Å². The molecule has 2 N–H and O–H groups in total. The minimum Gasteiger partial charge on any atom is -0.481 e. The topological polar surface area (TPSA) is 113 Å². The number of nitrogens with one attached hydrogen (secondary N) is 1. The van der Waals surface area contributed by atoms with E-state index in [1.807, 2.05) is 18.9 Å². The van der Waals surface area contributed by atoms with Crippen LogP contribution in [-0.4, -0.2) is 67.1 Å². The average Bonchev–Trinajstić information content (AvgIpc) is 3.09. The number of hydrogen-bond donors (Lipinski definition) is 2. The minimum absolute atomic E-state index is 0.0190. The summed E-state index contributed by atoms with van der Waals surface area (Å²) in [6, 6.07) is 1.93. The first-order chi connectivity index (χ1) is 11.5. The first kappa shape index (κ1) is 16.3. The molecular formula is C15H20N6O3. The van der Waals surface area contributed by atoms with Crippen LogP contribution in [0.15, 0.2) is 12.3 Å². The zero-order valence-corrected chi connectivity index (χ0v) is 13.6. The van der Waals surface area contributed by atoms with Crippen molar-refractivity contribution in [1.29, 1.82) is 0 Å². The molecule has 128 valence electrons. The van der Waals surface area contributed by atoms with E-state index < -0.39 is 5.97 Å². The van der Waals surface area contributed by atoms with Gasteiger partial charge in [0.05, 0.1) is 6.42 Å². The van der Waals surface area contributed by atoms with Gasteiger partial charge in [-0.05, 0) is 32.9 Å². The van der Waals surface area contributed by atoms with Crippen LogP contribution in [0.1, 0.15) is 35.6 Å². The molecule has 0 saturated carbocycles. The van der Waals surface area contributed by atoms with Gasteiger partial charge in [-0.25, -0.2) is 4.98 Å². The number of aliphatic carboxylic acids is 1. The van der Waals surface area contributed by atoms with E-state index in [1.54, 1.807) is 16.7 Å². The van der Waals surface area contributed by atoms with Crippen LogP contribution in [-0.2, 0) is 4.79 Å². The van der Waals surface area contributed by atoms with Crippen LogP contribution in [0.2, 0.25) is 0 Å². The fourth-order valence-corrected chi connectivity index (χ4v) is 3.10. The summed E-state index contributed by atoms with van der Waals surface area (Å²) in [6.07, 6.45) is 3.52. The van der Waals surface area contributed by atoms with Crippen molar-refractivity contribution >= 4 is 17.7 Å². The number of aryl methyl sites for hydroxylation is 1. The van der Waals surface area contributed by atoms with Crippen LogP contribution in [0.5, 0.6) is 0 Å². The largest absolute Gasteiger partial charge is 0.481 e. The lowest BCUT2D eigenvalue weighted by Crippen LogP contribution is -2.41. The monoisotopic (exact) mass is 332 g/mol. The molecule has 1 amide bonds. The Bertz CT molecular complexity index is 774. The molecule has 3 rings (SSSR count). The number of hydrogen-bond acceptors (Lipinski definition) is 6. The first-order valence-corrected chi connectivity index (χ1v) is 7.86. The maximum Gasteiger partial charge on any atom is 0.304 e. The predicted octanol–water partition coefficient (Wildman–Crippen LogP) is 0.100. The summed E-state index contributed by atoms with van der Waals surface area (Å²) in [5.41, 5.74) is 0.805. The van der Waals surface area contributed by atoms with Crippen molar-refractivity contribution in [3.05, 3.63) is 23.8 Å². The van der Waals surface area contributed by atoms with Gasteiger partial charge in [-0.2, -0.15) is 0 Å². The highest BCUT2D eigenvalue weighted by molar-refractivity contribution is 5.91. The van der Waals surface area contributed by atoms with Crippen molar-refractivity contribution in [3.63, 3.8) is 0 Å². The summed E-state index contributed by atoms with van der Waals surface area (Å²) in [7, 11) is 1.90. The molecule has 2 aromatic heterocycles. The fourth-order valence-electron chi connectivity index (χ4n) is 3.10. The summed E-state index contributed by atoms with van der Waals surface area (Å²) >= 11 is 0. The van der Waals surface area contributed by atoms with E-state index in [1.165, 1.54) is 0 Å². The number of amides is 1. The maximum atomic E-state index is 12.4. The fraction of sp³-hybridized carbons (Fsp3) is 0.533. The van der Waals surface area contributed by atoms with Crippen LogP contribution >= 0.6 is 0 Å². The first-order valence-electron chi connectivity index (χ1n) is 7.86. The smallest absolute Gasteiger partial charge is 0.304 e. The summed E-state index contributed by atoms with van der Waals surface area (Å²) in [4.78, 5) is 29.5. The molecule has 0 spiro atoms. The minimum atomic E-state index is -0.797. The van der Waals surface area contributed by atoms with Gasteiger partial charge in [-0.1, -0.05) is 0 Å². The molecule has 1 saturated heterocycles. The number of likely N-dealkylation sites (N-methyl/N-ethyl adjacent to an activating group) is 1. The molecule has 9 nitrogen and oxygen atoms in total. The van der Waals surface area contributed by atoms with Crippen molar-refractivity contribution in [2.45, 2.75) is 38.3 Å². The lowest BCUT2D eigenvalue weighted by molar-refractivity contribution is -0.138. The van der Waals surface area contributed by atoms with Gasteiger partial charge in [0, 0.05) is 30.5 Å². The Kier molecular flexibility index (Phi) is 4.43. The van der Waals surface area contributed by atoms with E-state index >= 15 is 0 Å². The van der Waals surface area contributed by atoms with Crippen LogP contribution < -0.4 is 5.32 Å². The number of carbonyl (C=O) groups is 2. The molecule has 1 aliphatic rings. The molecule has 1 fully saturated rings. The standard InChI is InChI=1S/C15H20N6O3/c1-9-5-6-21-13(18-19-15(21)17-9)14(24)16-8-11-4-3-10(20(11)2)7-12(22)23/h5-6,10-11H,3-4,7-8H2,1-2H3,(H,16,24)(H,22,23)/t10-,11+/m1/s1. The SMILES string of the molecule is Cc1ccn2c(C(=O)NC[C@@H]3CC[C@H](CC(=O)O)N3C)nnc2n1. The molecule has 1 aliphatic heterocycles. The van der Waals surface area contributed by atoms with Crippen molar-refractivity contribution in [2.24, 2.45) is 0 Å². The quantitative estimate of drug-likeness (QED) is 0.798. The third kappa shape index (κ3) is 3.21. The molecule has 0 aromatic carbocycles. The number of nitrogens with zero attached hydrogens (tertiary/aromatic N) is 5. The maximum absolute atomic E-state index is 12.4. The Morgan fingerprint density at radius 3 is 2.83 bits per heavy atom. The second kappa shape index (κ2) is 6.52. The van der Waals surface area contributed by atoms with Gasteiger partial charge < -0.3 is 10.4 Å². The van der Waals surface area contributed by atoms with Gasteiger partial charge in [-0.3, -0.25) is 18.9 Å². The third-order valence-corrected chi connectivity index (χ3v) is 4.52. The highest BCUT2D eigenvalue weighted by atomic mass is 16.4. The Morgan fingerprint density at radius 1 is 1.33 bits per heavy atom. The van der Waals surface area contributed by atoms with Gasteiger partial charge in [0.2, 0.25) is 5.82 Å². The number of carbonyl (C=O) groups excluding carboxylic acids is 1. The van der Waals surface area contributed by atoms with E-state index in [9.17, 15) is 9.59 Å². The normalized spacial score (nSPS) is 21.2. The van der Waals surface area contributed by atoms with E-state index in [0.717, 1.165) is 18.5 Å². The lowest BCUT2D eigenvalue weighted by Gasteiger charge is -2.24. The molecule has 3 heterocycles. The van der Waals surface area contributed by atoms with Gasteiger partial charge in [0.1, 0.15) is 0 Å². The van der Waals surface area contributed by atoms with Gasteiger partial charge >= 0.3 is 5.97 Å². The Morgan fingerprint density at radius 2 is 2.08 bits per heavy atom. The van der Waals surface area contributed by atoms with Crippen LogP contribution in [0.25, 0.3) is 5.78 Å². The van der Waals surface area contributed by atoms with Crippen LogP contribution in [0.4, 0.5) is 0 Å². The summed E-state index contributed by atoms with van der Waals surface area (Å²) in [6.45, 7) is 2.29. The average molecular weight is 332 g/mol. The zero-order valence-electron chi connectivity index (χ0n) is 13.6. The van der Waals surface area contributed by atoms with Gasteiger partial charge in [0.15, 0.2) is 0 Å². The number of fused-ring (bicyclic) bond motifs is 1. The third-order valence-electron chi connectivity index (χ3n) is 4.52. The molecule has 0 aliphatic carbocycles. The van der Waals surface area contributed by atoms with Crippen LogP contribution in [0.3, 0.4) is 0 Å².